The van der Waals surface area contributed by atoms with E-state index in [1.165, 1.54) is 7.11 Å². The molecule has 0 aromatic heterocycles. The van der Waals surface area contributed by atoms with E-state index in [2.05, 4.69) is 5.32 Å². The molecule has 0 aromatic carbocycles. The number of fused-ring (bicyclic) bond motifs is 2. The molecule has 4 nitrogen and oxygen atoms in total. The molecule has 14 heavy (non-hydrogen) atoms. The van der Waals surface area contributed by atoms with Crippen LogP contribution >= 0.6 is 0 Å². The number of ether oxygens (including phenoxy) is 1. The predicted octanol–water partition coefficient (Wildman–Crippen LogP) is 0.259. The van der Waals surface area contributed by atoms with Gasteiger partial charge in [-0.15, -0.1) is 0 Å². The summed E-state index contributed by atoms with van der Waals surface area (Å²) in [7, 11) is 1.42. The molecule has 0 radical (unpaired) electrons. The Morgan fingerprint density at radius 3 is 2.43 bits per heavy atom. The molecular formula is C10H15NO3. The molecule has 2 heterocycles. The van der Waals surface area contributed by atoms with Gasteiger partial charge in [0.25, 0.3) is 0 Å². The van der Waals surface area contributed by atoms with Crippen molar-refractivity contribution in [3.05, 3.63) is 0 Å². The van der Waals surface area contributed by atoms with Gasteiger partial charge < -0.3 is 10.1 Å². The lowest BCUT2D eigenvalue weighted by atomic mass is 9.80. The third kappa shape index (κ3) is 1.80. The second-order valence-electron chi connectivity index (χ2n) is 4.20. The molecule has 2 aliphatic rings. The van der Waals surface area contributed by atoms with Crippen LogP contribution < -0.4 is 5.32 Å². The Balaban J connectivity index is 2.01. The van der Waals surface area contributed by atoms with Crippen molar-refractivity contribution >= 4 is 11.8 Å². The summed E-state index contributed by atoms with van der Waals surface area (Å²) in [4.78, 5) is 22.6. The molecule has 2 rings (SSSR count). The number of rotatable bonds is 1. The molecule has 0 aromatic rings. The molecule has 1 N–H and O–H groups in total. The number of ketones is 1. The van der Waals surface area contributed by atoms with Gasteiger partial charge in [0.15, 0.2) is 0 Å². The first kappa shape index (κ1) is 9.65. The Morgan fingerprint density at radius 2 is 1.93 bits per heavy atom. The highest BCUT2D eigenvalue weighted by Crippen LogP contribution is 2.28. The minimum Gasteiger partial charge on any atom is -0.469 e. The van der Waals surface area contributed by atoms with Crippen LogP contribution in [0.15, 0.2) is 0 Å². The van der Waals surface area contributed by atoms with E-state index < -0.39 is 0 Å². The van der Waals surface area contributed by atoms with Crippen molar-refractivity contribution < 1.29 is 14.3 Å². The molecule has 2 atom stereocenters. The van der Waals surface area contributed by atoms with Crippen LogP contribution in [0, 0.1) is 5.92 Å². The summed E-state index contributed by atoms with van der Waals surface area (Å²) in [5, 5.41) is 3.36. The third-order valence-corrected chi connectivity index (χ3v) is 3.09. The average molecular weight is 197 g/mol. The number of Topliss-reactive ketones (excluding diaryl/α,β-unsaturated/α-hetero) is 1. The summed E-state index contributed by atoms with van der Waals surface area (Å²) in [5.41, 5.74) is 0. The highest BCUT2D eigenvalue weighted by Gasteiger charge is 2.37. The fourth-order valence-electron chi connectivity index (χ4n) is 2.53. The van der Waals surface area contributed by atoms with Gasteiger partial charge in [0, 0.05) is 24.9 Å². The summed E-state index contributed by atoms with van der Waals surface area (Å²) in [6.07, 6.45) is 2.64. The summed E-state index contributed by atoms with van der Waals surface area (Å²) in [6.45, 7) is 0. The van der Waals surface area contributed by atoms with Gasteiger partial charge >= 0.3 is 5.97 Å². The average Bonchev–Trinajstić information content (AvgIpc) is 2.14. The van der Waals surface area contributed by atoms with Gasteiger partial charge in [-0.2, -0.15) is 0 Å². The molecule has 0 aliphatic carbocycles. The zero-order valence-corrected chi connectivity index (χ0v) is 8.29. The van der Waals surface area contributed by atoms with Gasteiger partial charge in [-0.25, -0.2) is 0 Å². The number of hydrogen-bond donors (Lipinski definition) is 1. The summed E-state index contributed by atoms with van der Waals surface area (Å²) in [5.74, 6) is 0.183. The van der Waals surface area contributed by atoms with Crippen LogP contribution in [0.1, 0.15) is 25.7 Å². The number of carbonyl (C=O) groups is 2. The lowest BCUT2D eigenvalue weighted by Crippen LogP contribution is -2.52. The van der Waals surface area contributed by atoms with E-state index >= 15 is 0 Å². The SMILES string of the molecule is COC(=O)C1CC2CC(=O)CC(C1)N2. The van der Waals surface area contributed by atoms with E-state index in [9.17, 15) is 9.59 Å². The summed E-state index contributed by atoms with van der Waals surface area (Å²) >= 11 is 0. The highest BCUT2D eigenvalue weighted by atomic mass is 16.5. The zero-order chi connectivity index (χ0) is 10.1. The molecule has 2 unspecified atom stereocenters. The normalized spacial score (nSPS) is 36.6. The number of carbonyl (C=O) groups excluding carboxylic acids is 2. The van der Waals surface area contributed by atoms with E-state index in [1.807, 2.05) is 0 Å². The van der Waals surface area contributed by atoms with Gasteiger partial charge in [-0.1, -0.05) is 0 Å². The van der Waals surface area contributed by atoms with Crippen molar-refractivity contribution in [2.45, 2.75) is 37.8 Å². The zero-order valence-electron chi connectivity index (χ0n) is 8.29. The van der Waals surface area contributed by atoms with E-state index in [-0.39, 0.29) is 24.0 Å². The van der Waals surface area contributed by atoms with Crippen molar-refractivity contribution in [1.82, 2.24) is 5.32 Å². The van der Waals surface area contributed by atoms with E-state index in [1.54, 1.807) is 0 Å². The Kier molecular flexibility index (Phi) is 2.54. The largest absolute Gasteiger partial charge is 0.469 e. The molecule has 2 saturated heterocycles. The highest BCUT2D eigenvalue weighted by molar-refractivity contribution is 5.81. The first-order valence-electron chi connectivity index (χ1n) is 5.04. The van der Waals surface area contributed by atoms with E-state index in [4.69, 9.17) is 4.74 Å². The van der Waals surface area contributed by atoms with Gasteiger partial charge in [0.2, 0.25) is 0 Å². The van der Waals surface area contributed by atoms with Crippen LogP contribution in [0.25, 0.3) is 0 Å². The van der Waals surface area contributed by atoms with Gasteiger partial charge in [-0.3, -0.25) is 9.59 Å². The van der Waals surface area contributed by atoms with Crippen molar-refractivity contribution in [3.63, 3.8) is 0 Å². The molecule has 78 valence electrons. The second-order valence-corrected chi connectivity index (χ2v) is 4.20. The smallest absolute Gasteiger partial charge is 0.308 e. The molecule has 2 aliphatic heterocycles. The number of nitrogens with one attached hydrogen (secondary N) is 1. The third-order valence-electron chi connectivity index (χ3n) is 3.09. The first-order chi connectivity index (χ1) is 6.69. The van der Waals surface area contributed by atoms with Crippen LogP contribution in [0.5, 0.6) is 0 Å². The van der Waals surface area contributed by atoms with E-state index in [0.717, 1.165) is 12.8 Å². The Morgan fingerprint density at radius 1 is 1.36 bits per heavy atom. The van der Waals surface area contributed by atoms with Gasteiger partial charge in [0.1, 0.15) is 5.78 Å². The van der Waals surface area contributed by atoms with Crippen molar-refractivity contribution in [2.75, 3.05) is 7.11 Å². The topological polar surface area (TPSA) is 55.4 Å². The molecule has 2 bridgehead atoms. The minimum absolute atomic E-state index is 0.00986. The van der Waals surface area contributed by atoms with Crippen molar-refractivity contribution in [1.29, 1.82) is 0 Å². The number of hydrogen-bond acceptors (Lipinski definition) is 4. The predicted molar refractivity (Wildman–Crippen MR) is 49.7 cm³/mol. The van der Waals surface area contributed by atoms with Crippen LogP contribution in [0.3, 0.4) is 0 Å². The van der Waals surface area contributed by atoms with Crippen molar-refractivity contribution in [3.8, 4) is 0 Å². The number of methoxy groups -OCH3 is 1. The Labute approximate surface area is 83.0 Å². The number of piperidine rings is 2. The van der Waals surface area contributed by atoms with Gasteiger partial charge in [-0.05, 0) is 12.8 Å². The number of esters is 1. The van der Waals surface area contributed by atoms with Crippen LogP contribution in [0.4, 0.5) is 0 Å². The van der Waals surface area contributed by atoms with Crippen molar-refractivity contribution in [2.24, 2.45) is 5.92 Å². The molecule has 0 saturated carbocycles. The van der Waals surface area contributed by atoms with Crippen LogP contribution in [0.2, 0.25) is 0 Å². The second kappa shape index (κ2) is 3.69. The quantitative estimate of drug-likeness (QED) is 0.613. The van der Waals surface area contributed by atoms with Crippen LogP contribution in [-0.2, 0) is 14.3 Å². The standard InChI is InChI=1S/C10H15NO3/c1-14-10(13)6-2-7-4-9(12)5-8(3-6)11-7/h6-8,11H,2-5H2,1H3. The maximum atomic E-state index is 11.3. The monoisotopic (exact) mass is 197 g/mol. The maximum Gasteiger partial charge on any atom is 0.308 e. The Bertz CT molecular complexity index is 248. The summed E-state index contributed by atoms with van der Waals surface area (Å²) < 4.78 is 4.73. The lowest BCUT2D eigenvalue weighted by Gasteiger charge is -2.38. The molecule has 0 spiro atoms. The molecule has 0 amide bonds. The molecular weight excluding hydrogens is 182 g/mol. The maximum absolute atomic E-state index is 11.3. The van der Waals surface area contributed by atoms with Gasteiger partial charge in [0.05, 0.1) is 13.0 Å². The first-order valence-corrected chi connectivity index (χ1v) is 5.04. The Hall–Kier alpha value is -0.900. The van der Waals surface area contributed by atoms with E-state index in [0.29, 0.717) is 18.6 Å². The van der Waals surface area contributed by atoms with Crippen LogP contribution in [-0.4, -0.2) is 30.9 Å². The lowest BCUT2D eigenvalue weighted by molar-refractivity contribution is -0.148. The fourth-order valence-corrected chi connectivity index (χ4v) is 2.53. The minimum atomic E-state index is -0.129. The fraction of sp³-hybridized carbons (Fsp3) is 0.800. The molecule has 4 heteroatoms. The molecule has 2 fully saturated rings. The summed E-state index contributed by atoms with van der Waals surface area (Å²) in [6, 6.07) is 0.387.